The van der Waals surface area contributed by atoms with Gasteiger partial charge in [0.1, 0.15) is 12.4 Å². The molecule has 1 fully saturated rings. The summed E-state index contributed by atoms with van der Waals surface area (Å²) in [6, 6.07) is 12.8. The molecule has 0 saturated carbocycles. The van der Waals surface area contributed by atoms with Crippen LogP contribution in [0.5, 0.6) is 5.75 Å². The van der Waals surface area contributed by atoms with Crippen molar-refractivity contribution in [3.8, 4) is 5.75 Å². The molecule has 0 spiro atoms. The minimum absolute atomic E-state index is 0.0848. The maximum Gasteiger partial charge on any atom is 0.414 e. The van der Waals surface area contributed by atoms with Crippen molar-refractivity contribution in [3.63, 3.8) is 0 Å². The van der Waals surface area contributed by atoms with Gasteiger partial charge in [-0.2, -0.15) is 0 Å². The second-order valence-corrected chi connectivity index (χ2v) is 5.90. The van der Waals surface area contributed by atoms with Gasteiger partial charge in [-0.15, -0.1) is 0 Å². The first kappa shape index (κ1) is 16.8. The topological polar surface area (TPSA) is 67.9 Å². The molecular formula is C19H20N2O4. The van der Waals surface area contributed by atoms with E-state index >= 15 is 0 Å². The average molecular weight is 340 g/mol. The van der Waals surface area contributed by atoms with Crippen LogP contribution < -0.4 is 15.0 Å². The summed E-state index contributed by atoms with van der Waals surface area (Å²) in [6.45, 7) is 4.82. The smallest absolute Gasteiger partial charge is 0.414 e. The molecule has 3 rings (SSSR count). The molecule has 0 bridgehead atoms. The monoisotopic (exact) mass is 340 g/mol. The molecule has 0 atom stereocenters. The number of rotatable bonds is 5. The maximum absolute atomic E-state index is 12.1. The van der Waals surface area contributed by atoms with Crippen LogP contribution in [0.3, 0.4) is 0 Å². The van der Waals surface area contributed by atoms with E-state index in [-0.39, 0.29) is 18.6 Å². The van der Waals surface area contributed by atoms with Crippen molar-refractivity contribution < 1.29 is 19.1 Å². The molecule has 25 heavy (non-hydrogen) atoms. The van der Waals surface area contributed by atoms with Crippen molar-refractivity contribution >= 4 is 23.4 Å². The Kier molecular flexibility index (Phi) is 4.88. The lowest BCUT2D eigenvalue weighted by Crippen LogP contribution is -2.24. The quantitative estimate of drug-likeness (QED) is 0.907. The number of hydrogen-bond acceptors (Lipinski definition) is 4. The zero-order chi connectivity index (χ0) is 17.8. The van der Waals surface area contributed by atoms with Crippen molar-refractivity contribution in [3.05, 3.63) is 53.6 Å². The van der Waals surface area contributed by atoms with E-state index in [2.05, 4.69) is 5.32 Å². The van der Waals surface area contributed by atoms with Crippen LogP contribution in [0.1, 0.15) is 11.1 Å². The second-order valence-electron chi connectivity index (χ2n) is 5.90. The second kappa shape index (κ2) is 7.25. The van der Waals surface area contributed by atoms with E-state index in [0.29, 0.717) is 30.3 Å². The van der Waals surface area contributed by atoms with E-state index in [1.54, 1.807) is 24.3 Å². The van der Waals surface area contributed by atoms with Crippen molar-refractivity contribution in [2.24, 2.45) is 0 Å². The highest BCUT2D eigenvalue weighted by atomic mass is 16.6. The number of nitrogens with zero attached hydrogens (tertiary/aromatic N) is 1. The molecule has 130 valence electrons. The van der Waals surface area contributed by atoms with Crippen LogP contribution in [-0.2, 0) is 9.53 Å². The van der Waals surface area contributed by atoms with Crippen LogP contribution in [0.25, 0.3) is 0 Å². The SMILES string of the molecule is Cc1ccc(OCC(=O)Nc2cccc(N3CCOC3=O)c2)cc1C. The van der Waals surface area contributed by atoms with Gasteiger partial charge in [0.05, 0.1) is 6.54 Å². The molecule has 6 nitrogen and oxygen atoms in total. The van der Waals surface area contributed by atoms with Gasteiger partial charge in [-0.25, -0.2) is 4.79 Å². The third-order valence-corrected chi connectivity index (χ3v) is 4.05. The van der Waals surface area contributed by atoms with Crippen molar-refractivity contribution in [2.75, 3.05) is 30.0 Å². The third-order valence-electron chi connectivity index (χ3n) is 4.05. The average Bonchev–Trinajstić information content (AvgIpc) is 3.02. The van der Waals surface area contributed by atoms with Crippen molar-refractivity contribution in [1.29, 1.82) is 0 Å². The molecule has 1 saturated heterocycles. The molecule has 2 amide bonds. The number of anilines is 2. The van der Waals surface area contributed by atoms with Gasteiger partial charge in [-0.3, -0.25) is 9.69 Å². The van der Waals surface area contributed by atoms with Crippen LogP contribution >= 0.6 is 0 Å². The largest absolute Gasteiger partial charge is 0.484 e. The van der Waals surface area contributed by atoms with Gasteiger partial charge in [-0.05, 0) is 55.3 Å². The van der Waals surface area contributed by atoms with Gasteiger partial charge in [-0.1, -0.05) is 12.1 Å². The molecule has 1 aliphatic rings. The first-order chi connectivity index (χ1) is 12.0. The van der Waals surface area contributed by atoms with Gasteiger partial charge in [0.25, 0.3) is 5.91 Å². The summed E-state index contributed by atoms with van der Waals surface area (Å²) >= 11 is 0. The van der Waals surface area contributed by atoms with Gasteiger partial charge in [0.15, 0.2) is 6.61 Å². The number of benzene rings is 2. The lowest BCUT2D eigenvalue weighted by atomic mass is 10.1. The number of hydrogen-bond donors (Lipinski definition) is 1. The highest BCUT2D eigenvalue weighted by Crippen LogP contribution is 2.22. The van der Waals surface area contributed by atoms with Gasteiger partial charge < -0.3 is 14.8 Å². The molecule has 0 aromatic heterocycles. The Morgan fingerprint density at radius 1 is 1.20 bits per heavy atom. The molecule has 1 heterocycles. The fraction of sp³-hybridized carbons (Fsp3) is 0.263. The first-order valence-corrected chi connectivity index (χ1v) is 8.07. The zero-order valence-corrected chi connectivity index (χ0v) is 14.2. The molecular weight excluding hydrogens is 320 g/mol. The summed E-state index contributed by atoms with van der Waals surface area (Å²) in [6.07, 6.45) is -0.374. The Labute approximate surface area is 146 Å². The number of aryl methyl sites for hydroxylation is 2. The van der Waals surface area contributed by atoms with Gasteiger partial charge in [0, 0.05) is 11.4 Å². The summed E-state index contributed by atoms with van der Waals surface area (Å²) in [7, 11) is 0. The number of carbonyl (C=O) groups is 2. The third kappa shape index (κ3) is 4.09. The number of ether oxygens (including phenoxy) is 2. The predicted octanol–water partition coefficient (Wildman–Crippen LogP) is 3.28. The minimum atomic E-state index is -0.374. The minimum Gasteiger partial charge on any atom is -0.484 e. The standard InChI is InChI=1S/C19H20N2O4/c1-13-6-7-17(10-14(13)2)25-12-18(22)20-15-4-3-5-16(11-15)21-8-9-24-19(21)23/h3-7,10-11H,8-9,12H2,1-2H3,(H,20,22). The summed E-state index contributed by atoms with van der Waals surface area (Å²) in [5.41, 5.74) is 3.58. The molecule has 2 aromatic rings. The summed E-state index contributed by atoms with van der Waals surface area (Å²) in [5, 5.41) is 2.77. The molecule has 2 aromatic carbocycles. The fourth-order valence-corrected chi connectivity index (χ4v) is 2.53. The van der Waals surface area contributed by atoms with E-state index in [9.17, 15) is 9.59 Å². The maximum atomic E-state index is 12.1. The molecule has 0 unspecified atom stereocenters. The molecule has 6 heteroatoms. The van der Waals surface area contributed by atoms with Gasteiger partial charge in [0.2, 0.25) is 0 Å². The first-order valence-electron chi connectivity index (χ1n) is 8.07. The van der Waals surface area contributed by atoms with E-state index < -0.39 is 0 Å². The zero-order valence-electron chi connectivity index (χ0n) is 14.2. The van der Waals surface area contributed by atoms with E-state index in [0.717, 1.165) is 5.56 Å². The Bertz CT molecular complexity index is 804. The molecule has 0 aliphatic carbocycles. The van der Waals surface area contributed by atoms with Crippen LogP contribution in [0.15, 0.2) is 42.5 Å². The van der Waals surface area contributed by atoms with Crippen molar-refractivity contribution in [2.45, 2.75) is 13.8 Å². The van der Waals surface area contributed by atoms with Crippen LogP contribution in [0, 0.1) is 13.8 Å². The van der Waals surface area contributed by atoms with Gasteiger partial charge >= 0.3 is 6.09 Å². The lowest BCUT2D eigenvalue weighted by Gasteiger charge is -2.14. The molecule has 0 radical (unpaired) electrons. The predicted molar refractivity (Wildman–Crippen MR) is 95.2 cm³/mol. The highest BCUT2D eigenvalue weighted by molar-refractivity contribution is 5.94. The Balaban J connectivity index is 1.59. The number of nitrogens with one attached hydrogen (secondary N) is 1. The summed E-state index contributed by atoms with van der Waals surface area (Å²) in [4.78, 5) is 25.2. The van der Waals surface area contributed by atoms with E-state index in [4.69, 9.17) is 9.47 Å². The van der Waals surface area contributed by atoms with E-state index in [1.165, 1.54) is 10.5 Å². The van der Waals surface area contributed by atoms with Crippen molar-refractivity contribution in [1.82, 2.24) is 0 Å². The Morgan fingerprint density at radius 2 is 2.04 bits per heavy atom. The summed E-state index contributed by atoms with van der Waals surface area (Å²) in [5.74, 6) is 0.395. The van der Waals surface area contributed by atoms with Crippen LogP contribution in [0.4, 0.5) is 16.2 Å². The number of carbonyl (C=O) groups excluding carboxylic acids is 2. The number of cyclic esters (lactones) is 1. The molecule has 1 aliphatic heterocycles. The Morgan fingerprint density at radius 3 is 2.76 bits per heavy atom. The Hall–Kier alpha value is -3.02. The lowest BCUT2D eigenvalue weighted by molar-refractivity contribution is -0.118. The summed E-state index contributed by atoms with van der Waals surface area (Å²) < 4.78 is 10.5. The number of amides is 2. The van der Waals surface area contributed by atoms with E-state index in [1.807, 2.05) is 32.0 Å². The normalized spacial score (nSPS) is 13.5. The fourth-order valence-electron chi connectivity index (χ4n) is 2.53. The highest BCUT2D eigenvalue weighted by Gasteiger charge is 2.23. The van der Waals surface area contributed by atoms with Crippen LogP contribution in [0.2, 0.25) is 0 Å². The molecule has 1 N–H and O–H groups in total. The van der Waals surface area contributed by atoms with Crippen LogP contribution in [-0.4, -0.2) is 31.8 Å².